The van der Waals surface area contributed by atoms with E-state index in [0.29, 0.717) is 35.4 Å². The molecule has 0 saturated carbocycles. The molecule has 4 nitrogen and oxygen atoms in total. The van der Waals surface area contributed by atoms with Gasteiger partial charge in [-0.05, 0) is 18.2 Å². The van der Waals surface area contributed by atoms with Gasteiger partial charge in [0, 0.05) is 11.4 Å². The lowest BCUT2D eigenvalue weighted by molar-refractivity contribution is -0.300. The van der Waals surface area contributed by atoms with Crippen molar-refractivity contribution in [3.63, 3.8) is 0 Å². The second-order valence-electron chi connectivity index (χ2n) is 2.69. The standard InChI is InChI=1S/C9H11Cl2NO3/c10-7-2-3-9(8(11)6-7)13-4-1-5-14-15-12/h2-3,6H,1,4-5,12H2. The van der Waals surface area contributed by atoms with Crippen molar-refractivity contribution in [2.75, 3.05) is 13.2 Å². The van der Waals surface area contributed by atoms with Gasteiger partial charge in [0.05, 0.1) is 18.2 Å². The predicted molar refractivity (Wildman–Crippen MR) is 57.8 cm³/mol. The molecule has 1 aromatic carbocycles. The number of nitrogens with two attached hydrogens (primary N) is 1. The number of ether oxygens (including phenoxy) is 1. The Labute approximate surface area is 97.7 Å². The van der Waals surface area contributed by atoms with Gasteiger partial charge in [-0.2, -0.15) is 5.90 Å². The number of hydrogen-bond acceptors (Lipinski definition) is 4. The zero-order valence-electron chi connectivity index (χ0n) is 7.91. The average Bonchev–Trinajstić information content (AvgIpc) is 2.20. The first-order chi connectivity index (χ1) is 7.24. The molecule has 0 amide bonds. The van der Waals surface area contributed by atoms with Crippen LogP contribution in [0.2, 0.25) is 10.0 Å². The molecule has 15 heavy (non-hydrogen) atoms. The van der Waals surface area contributed by atoms with Crippen LogP contribution in [0.25, 0.3) is 0 Å². The summed E-state index contributed by atoms with van der Waals surface area (Å²) < 4.78 is 5.37. The summed E-state index contributed by atoms with van der Waals surface area (Å²) in [6.45, 7) is 0.826. The van der Waals surface area contributed by atoms with E-state index in [2.05, 4.69) is 15.8 Å². The molecule has 1 rings (SSSR count). The molecule has 0 aliphatic rings. The van der Waals surface area contributed by atoms with Gasteiger partial charge in [0.15, 0.2) is 0 Å². The van der Waals surface area contributed by atoms with Crippen molar-refractivity contribution in [3.05, 3.63) is 28.2 Å². The molecule has 0 aromatic heterocycles. The van der Waals surface area contributed by atoms with Crippen molar-refractivity contribution in [3.8, 4) is 5.75 Å². The van der Waals surface area contributed by atoms with E-state index in [-0.39, 0.29) is 0 Å². The molecule has 1 aromatic rings. The highest BCUT2D eigenvalue weighted by Gasteiger charge is 2.01. The number of hydrogen-bond donors (Lipinski definition) is 1. The third-order valence-corrected chi connectivity index (χ3v) is 2.12. The zero-order valence-corrected chi connectivity index (χ0v) is 9.42. The molecule has 0 fully saturated rings. The minimum Gasteiger partial charge on any atom is -0.492 e. The number of halogens is 2. The van der Waals surface area contributed by atoms with Gasteiger partial charge in [-0.15, -0.1) is 4.99 Å². The third kappa shape index (κ3) is 4.68. The summed E-state index contributed by atoms with van der Waals surface area (Å²) in [5.41, 5.74) is 0. The van der Waals surface area contributed by atoms with Crippen LogP contribution >= 0.6 is 23.2 Å². The molecular weight excluding hydrogens is 241 g/mol. The first-order valence-electron chi connectivity index (χ1n) is 4.30. The van der Waals surface area contributed by atoms with Gasteiger partial charge < -0.3 is 4.74 Å². The van der Waals surface area contributed by atoms with E-state index < -0.39 is 0 Å². The molecule has 0 bridgehead atoms. The van der Waals surface area contributed by atoms with Crippen molar-refractivity contribution < 1.29 is 14.6 Å². The molecular formula is C9H11Cl2NO3. The smallest absolute Gasteiger partial charge is 0.137 e. The van der Waals surface area contributed by atoms with Crippen molar-refractivity contribution in [1.29, 1.82) is 0 Å². The quantitative estimate of drug-likeness (QED) is 0.480. The summed E-state index contributed by atoms with van der Waals surface area (Å²) in [5.74, 6) is 5.26. The Morgan fingerprint density at radius 1 is 1.20 bits per heavy atom. The summed E-state index contributed by atoms with van der Waals surface area (Å²) in [5, 5.41) is 1.06. The van der Waals surface area contributed by atoms with Gasteiger partial charge >= 0.3 is 0 Å². The second kappa shape index (κ2) is 6.87. The molecule has 0 radical (unpaired) electrons. The van der Waals surface area contributed by atoms with Crippen LogP contribution in [-0.2, 0) is 9.88 Å². The summed E-state index contributed by atoms with van der Waals surface area (Å²) in [6, 6.07) is 5.05. The fourth-order valence-electron chi connectivity index (χ4n) is 0.940. The molecule has 0 saturated heterocycles. The monoisotopic (exact) mass is 251 g/mol. The molecule has 0 unspecified atom stereocenters. The van der Waals surface area contributed by atoms with E-state index in [1.807, 2.05) is 0 Å². The summed E-state index contributed by atoms with van der Waals surface area (Å²) >= 11 is 11.6. The van der Waals surface area contributed by atoms with E-state index in [1.54, 1.807) is 18.2 Å². The molecule has 6 heteroatoms. The molecule has 0 aliphatic heterocycles. The van der Waals surface area contributed by atoms with Gasteiger partial charge in [0.2, 0.25) is 0 Å². The minimum absolute atomic E-state index is 0.363. The molecule has 0 atom stereocenters. The van der Waals surface area contributed by atoms with Crippen LogP contribution in [0.1, 0.15) is 6.42 Å². The maximum absolute atomic E-state index is 5.88. The normalized spacial score (nSPS) is 10.3. The second-order valence-corrected chi connectivity index (χ2v) is 3.54. The third-order valence-electron chi connectivity index (χ3n) is 1.59. The van der Waals surface area contributed by atoms with E-state index in [9.17, 15) is 0 Å². The van der Waals surface area contributed by atoms with Gasteiger partial charge in [0.25, 0.3) is 0 Å². The average molecular weight is 252 g/mol. The van der Waals surface area contributed by atoms with Crippen LogP contribution in [0, 0.1) is 0 Å². The summed E-state index contributed by atoms with van der Waals surface area (Å²) in [4.78, 5) is 8.40. The topological polar surface area (TPSA) is 53.7 Å². The Bertz CT molecular complexity index is 309. The van der Waals surface area contributed by atoms with Crippen LogP contribution in [0.15, 0.2) is 18.2 Å². The highest BCUT2D eigenvalue weighted by Crippen LogP contribution is 2.27. The molecule has 0 aliphatic carbocycles. The lowest BCUT2D eigenvalue weighted by Crippen LogP contribution is -2.06. The van der Waals surface area contributed by atoms with Crippen LogP contribution in [0.5, 0.6) is 5.75 Å². The summed E-state index contributed by atoms with van der Waals surface area (Å²) in [6.07, 6.45) is 0.649. The van der Waals surface area contributed by atoms with Crippen molar-refractivity contribution in [1.82, 2.24) is 0 Å². The Hall–Kier alpha value is -0.520. The number of benzene rings is 1. The molecule has 0 spiro atoms. The predicted octanol–water partition coefficient (Wildman–Crippen LogP) is 2.58. The van der Waals surface area contributed by atoms with Gasteiger partial charge in [-0.1, -0.05) is 23.2 Å². The molecule has 0 heterocycles. The van der Waals surface area contributed by atoms with E-state index in [0.717, 1.165) is 0 Å². The van der Waals surface area contributed by atoms with Crippen LogP contribution in [0.3, 0.4) is 0 Å². The molecule has 84 valence electrons. The highest BCUT2D eigenvalue weighted by molar-refractivity contribution is 6.35. The lowest BCUT2D eigenvalue weighted by Gasteiger charge is -2.07. The van der Waals surface area contributed by atoms with E-state index in [1.165, 1.54) is 0 Å². The SMILES string of the molecule is NOOCCCOc1ccc(Cl)cc1Cl. The fraction of sp³-hybridized carbons (Fsp3) is 0.333. The van der Waals surface area contributed by atoms with Gasteiger partial charge in [0.1, 0.15) is 5.75 Å². The fourth-order valence-corrected chi connectivity index (χ4v) is 1.40. The van der Waals surface area contributed by atoms with Crippen molar-refractivity contribution in [2.24, 2.45) is 5.90 Å². The van der Waals surface area contributed by atoms with Crippen LogP contribution in [-0.4, -0.2) is 13.2 Å². The van der Waals surface area contributed by atoms with Crippen molar-refractivity contribution in [2.45, 2.75) is 6.42 Å². The van der Waals surface area contributed by atoms with Gasteiger partial charge in [-0.25, -0.2) is 4.89 Å². The van der Waals surface area contributed by atoms with Gasteiger partial charge in [-0.3, -0.25) is 0 Å². The Morgan fingerprint density at radius 2 is 2.00 bits per heavy atom. The van der Waals surface area contributed by atoms with Crippen LogP contribution in [0.4, 0.5) is 0 Å². The van der Waals surface area contributed by atoms with Crippen LogP contribution < -0.4 is 10.6 Å². The Morgan fingerprint density at radius 3 is 2.67 bits per heavy atom. The maximum Gasteiger partial charge on any atom is 0.137 e. The van der Waals surface area contributed by atoms with E-state index >= 15 is 0 Å². The highest BCUT2D eigenvalue weighted by atomic mass is 35.5. The van der Waals surface area contributed by atoms with E-state index in [4.69, 9.17) is 27.9 Å². The lowest BCUT2D eigenvalue weighted by atomic mass is 10.3. The molecule has 2 N–H and O–H groups in total. The minimum atomic E-state index is 0.363. The maximum atomic E-state index is 5.88. The largest absolute Gasteiger partial charge is 0.492 e. The first-order valence-corrected chi connectivity index (χ1v) is 5.06. The Kier molecular flexibility index (Phi) is 5.75. The first kappa shape index (κ1) is 12.5. The summed E-state index contributed by atoms with van der Waals surface area (Å²) in [7, 11) is 0. The zero-order chi connectivity index (χ0) is 11.1. The number of rotatable bonds is 6. The van der Waals surface area contributed by atoms with Crippen molar-refractivity contribution >= 4 is 23.2 Å². The Balaban J connectivity index is 2.31.